The van der Waals surface area contributed by atoms with Crippen LogP contribution in [0.5, 0.6) is 0 Å². The average Bonchev–Trinajstić information content (AvgIpc) is 3.60. The van der Waals surface area contributed by atoms with E-state index < -0.39 is 21.6 Å². The molecule has 1 atom stereocenters. The summed E-state index contributed by atoms with van der Waals surface area (Å²) in [5.41, 5.74) is 0.274. The minimum Gasteiger partial charge on any atom is -0.330 e. The van der Waals surface area contributed by atoms with Gasteiger partial charge in [-0.15, -0.1) is 0 Å². The lowest BCUT2D eigenvalue weighted by Crippen LogP contribution is -2.53. The Morgan fingerprint density at radius 1 is 1.17 bits per heavy atom. The number of nitrogens with one attached hydrogen (secondary N) is 1. The van der Waals surface area contributed by atoms with E-state index in [1.807, 2.05) is 49.1 Å². The van der Waals surface area contributed by atoms with Gasteiger partial charge in [-0.2, -0.15) is 5.10 Å². The number of benzene rings is 1. The Bertz CT molecular complexity index is 1140. The van der Waals surface area contributed by atoms with Gasteiger partial charge in [-0.25, -0.2) is 22.8 Å². The van der Waals surface area contributed by atoms with E-state index in [1.54, 1.807) is 4.68 Å². The fourth-order valence-corrected chi connectivity index (χ4v) is 6.18. The average molecular weight is 517 g/mol. The molecule has 1 fully saturated rings. The molecule has 10 heteroatoms. The van der Waals surface area contributed by atoms with Gasteiger partial charge in [0.1, 0.15) is 11.4 Å². The molecule has 4 rings (SSSR count). The highest BCUT2D eigenvalue weighted by atomic mass is 32.2. The molecule has 1 aromatic carbocycles. The standard InChI is InChI=1S/C26H40N6O3S/c1-5-30(6-2)17-10-18-36(34,35)29-22(16-13-20-11-8-7-9-12-20)24-27-23-19-31(21-14-15-21)25(33)26(3,4)32(23)28-24/h7-9,11-12,21-22,29H,5-6,10,13-19H2,1-4H3/t22-/m1/s1. The first kappa shape index (κ1) is 26.8. The smallest absolute Gasteiger partial charge is 0.250 e. The molecule has 0 radical (unpaired) electrons. The summed E-state index contributed by atoms with van der Waals surface area (Å²) in [5, 5.41) is 4.72. The molecule has 2 aromatic rings. The van der Waals surface area contributed by atoms with Crippen molar-refractivity contribution < 1.29 is 13.2 Å². The highest BCUT2D eigenvalue weighted by molar-refractivity contribution is 7.89. The van der Waals surface area contributed by atoms with Crippen molar-refractivity contribution in [2.75, 3.05) is 25.4 Å². The molecule has 2 aliphatic rings. The summed E-state index contributed by atoms with van der Waals surface area (Å²) in [4.78, 5) is 22.1. The van der Waals surface area contributed by atoms with Gasteiger partial charge in [-0.3, -0.25) is 4.79 Å². The monoisotopic (exact) mass is 516 g/mol. The third-order valence-electron chi connectivity index (χ3n) is 7.28. The highest BCUT2D eigenvalue weighted by Gasteiger charge is 2.47. The number of sulfonamides is 1. The van der Waals surface area contributed by atoms with Crippen molar-refractivity contribution in [2.24, 2.45) is 0 Å². The quantitative estimate of drug-likeness (QED) is 0.439. The van der Waals surface area contributed by atoms with E-state index in [0.717, 1.165) is 38.0 Å². The molecule has 0 saturated heterocycles. The maximum absolute atomic E-state index is 13.2. The molecule has 2 heterocycles. The Hall–Kier alpha value is -2.30. The van der Waals surface area contributed by atoms with E-state index in [9.17, 15) is 13.2 Å². The van der Waals surface area contributed by atoms with Gasteiger partial charge in [-0.05, 0) is 71.1 Å². The lowest BCUT2D eigenvalue weighted by atomic mass is 10.0. The van der Waals surface area contributed by atoms with Crippen LogP contribution >= 0.6 is 0 Å². The largest absolute Gasteiger partial charge is 0.330 e. The number of amides is 1. The van der Waals surface area contributed by atoms with Crippen LogP contribution in [-0.4, -0.2) is 70.3 Å². The number of rotatable bonds is 13. The number of carbonyl (C=O) groups excluding carboxylic acids is 1. The van der Waals surface area contributed by atoms with Crippen LogP contribution in [0.25, 0.3) is 0 Å². The van der Waals surface area contributed by atoms with Crippen LogP contribution in [0.3, 0.4) is 0 Å². The fourth-order valence-electron chi connectivity index (χ4n) is 4.90. The van der Waals surface area contributed by atoms with Crippen LogP contribution in [0.4, 0.5) is 0 Å². The van der Waals surface area contributed by atoms with Crippen molar-refractivity contribution in [3.8, 4) is 0 Å². The van der Waals surface area contributed by atoms with Crippen LogP contribution in [0.2, 0.25) is 0 Å². The molecular formula is C26H40N6O3S. The van der Waals surface area contributed by atoms with Crippen LogP contribution in [0, 0.1) is 0 Å². The zero-order valence-corrected chi connectivity index (χ0v) is 22.8. The molecule has 9 nitrogen and oxygen atoms in total. The molecule has 36 heavy (non-hydrogen) atoms. The minimum atomic E-state index is -3.54. The maximum Gasteiger partial charge on any atom is 0.250 e. The van der Waals surface area contributed by atoms with Gasteiger partial charge >= 0.3 is 0 Å². The zero-order valence-electron chi connectivity index (χ0n) is 22.0. The van der Waals surface area contributed by atoms with E-state index in [4.69, 9.17) is 10.1 Å². The summed E-state index contributed by atoms with van der Waals surface area (Å²) in [6.07, 6.45) is 3.83. The first-order valence-electron chi connectivity index (χ1n) is 13.2. The van der Waals surface area contributed by atoms with Gasteiger partial charge in [0.05, 0.1) is 18.3 Å². The molecule has 1 aliphatic carbocycles. The van der Waals surface area contributed by atoms with E-state index in [2.05, 4.69) is 23.5 Å². The lowest BCUT2D eigenvalue weighted by Gasteiger charge is -2.37. The summed E-state index contributed by atoms with van der Waals surface area (Å²) in [6.45, 7) is 10.9. The van der Waals surface area contributed by atoms with Crippen molar-refractivity contribution in [3.05, 3.63) is 47.5 Å². The second-order valence-electron chi connectivity index (χ2n) is 10.4. The van der Waals surface area contributed by atoms with Crippen LogP contribution in [0.1, 0.15) is 76.6 Å². The van der Waals surface area contributed by atoms with Crippen LogP contribution in [-0.2, 0) is 33.3 Å². The molecule has 1 amide bonds. The van der Waals surface area contributed by atoms with Gasteiger partial charge < -0.3 is 9.80 Å². The first-order valence-corrected chi connectivity index (χ1v) is 14.8. The van der Waals surface area contributed by atoms with Crippen LogP contribution in [0.15, 0.2) is 30.3 Å². The SMILES string of the molecule is CCN(CC)CCCS(=O)(=O)N[C@H](CCc1ccccc1)c1nc2n(n1)C(C)(C)C(=O)N(C1CC1)C2. The van der Waals surface area contributed by atoms with E-state index in [-0.39, 0.29) is 17.7 Å². The Kier molecular flexibility index (Phi) is 8.16. The van der Waals surface area contributed by atoms with Gasteiger partial charge in [0, 0.05) is 6.04 Å². The summed E-state index contributed by atoms with van der Waals surface area (Å²) in [6, 6.07) is 9.72. The Morgan fingerprint density at radius 2 is 1.86 bits per heavy atom. The molecule has 198 valence electrons. The van der Waals surface area contributed by atoms with Crippen molar-refractivity contribution in [1.82, 2.24) is 29.3 Å². The van der Waals surface area contributed by atoms with E-state index in [1.165, 1.54) is 0 Å². The normalized spacial score (nSPS) is 18.5. The van der Waals surface area contributed by atoms with Crippen molar-refractivity contribution in [3.63, 3.8) is 0 Å². The van der Waals surface area contributed by atoms with Gasteiger partial charge in [0.2, 0.25) is 10.0 Å². The number of carbonyl (C=O) groups is 1. The van der Waals surface area contributed by atoms with Gasteiger partial charge in [0.25, 0.3) is 5.91 Å². The summed E-state index contributed by atoms with van der Waals surface area (Å²) >= 11 is 0. The lowest BCUT2D eigenvalue weighted by molar-refractivity contribution is -0.144. The van der Waals surface area contributed by atoms with Crippen molar-refractivity contribution in [1.29, 1.82) is 0 Å². The fraction of sp³-hybridized carbons (Fsp3) is 0.654. The molecule has 1 aromatic heterocycles. The maximum atomic E-state index is 13.2. The minimum absolute atomic E-state index is 0.0479. The molecule has 0 unspecified atom stereocenters. The van der Waals surface area contributed by atoms with Gasteiger partial charge in [0.15, 0.2) is 5.82 Å². The van der Waals surface area contributed by atoms with Gasteiger partial charge in [-0.1, -0.05) is 44.2 Å². The Labute approximate surface area is 215 Å². The summed E-state index contributed by atoms with van der Waals surface area (Å²) in [7, 11) is -3.54. The number of aryl methyl sites for hydroxylation is 1. The second kappa shape index (κ2) is 11.0. The molecule has 1 saturated carbocycles. The molecule has 0 bridgehead atoms. The van der Waals surface area contributed by atoms with Crippen LogP contribution < -0.4 is 4.72 Å². The number of fused-ring (bicyclic) bond motifs is 1. The molecule has 0 spiro atoms. The summed E-state index contributed by atoms with van der Waals surface area (Å²) in [5.74, 6) is 1.25. The number of aromatic nitrogens is 3. The number of nitrogens with zero attached hydrogens (tertiary/aromatic N) is 5. The van der Waals surface area contributed by atoms with Crippen molar-refractivity contribution >= 4 is 15.9 Å². The summed E-state index contributed by atoms with van der Waals surface area (Å²) < 4.78 is 30.8. The third kappa shape index (κ3) is 6.15. The number of hydrogen-bond acceptors (Lipinski definition) is 6. The number of hydrogen-bond donors (Lipinski definition) is 1. The van der Waals surface area contributed by atoms with E-state index >= 15 is 0 Å². The highest BCUT2D eigenvalue weighted by Crippen LogP contribution is 2.36. The third-order valence-corrected chi connectivity index (χ3v) is 8.75. The molecule has 1 N–H and O–H groups in total. The molecular weight excluding hydrogens is 476 g/mol. The van der Waals surface area contributed by atoms with Crippen molar-refractivity contribution in [2.45, 2.75) is 84.0 Å². The predicted octanol–water partition coefficient (Wildman–Crippen LogP) is 2.84. The predicted molar refractivity (Wildman–Crippen MR) is 140 cm³/mol. The van der Waals surface area contributed by atoms with E-state index in [0.29, 0.717) is 37.5 Å². The first-order chi connectivity index (χ1) is 17.1. The Morgan fingerprint density at radius 3 is 2.50 bits per heavy atom. The molecule has 1 aliphatic heterocycles. The topological polar surface area (TPSA) is 100 Å². The second-order valence-corrected chi connectivity index (χ2v) is 12.3. The Balaban J connectivity index is 1.55. The zero-order chi connectivity index (χ0) is 25.9.